The van der Waals surface area contributed by atoms with Crippen LogP contribution in [0.25, 0.3) is 0 Å². The lowest BCUT2D eigenvalue weighted by Gasteiger charge is -2.31. The summed E-state index contributed by atoms with van der Waals surface area (Å²) in [6, 6.07) is 3.47. The van der Waals surface area contributed by atoms with Crippen LogP contribution in [0, 0.1) is 0 Å². The highest BCUT2D eigenvalue weighted by Gasteiger charge is 2.29. The number of rotatable bonds is 4. The number of anilines is 1. The second-order valence-electron chi connectivity index (χ2n) is 5.78. The Morgan fingerprint density at radius 2 is 2.25 bits per heavy atom. The number of aromatic amines is 1. The monoisotopic (exact) mass is 331 g/mol. The van der Waals surface area contributed by atoms with E-state index in [0.717, 1.165) is 12.2 Å². The van der Waals surface area contributed by atoms with Gasteiger partial charge in [0.05, 0.1) is 13.2 Å². The second-order valence-corrected chi connectivity index (χ2v) is 5.78. The van der Waals surface area contributed by atoms with Crippen LogP contribution in [0.2, 0.25) is 0 Å². The quantitative estimate of drug-likeness (QED) is 0.867. The zero-order chi connectivity index (χ0) is 17.1. The van der Waals surface area contributed by atoms with E-state index in [1.807, 2.05) is 25.9 Å². The number of amides is 1. The Kier molecular flexibility index (Phi) is 4.70. The smallest absolute Gasteiger partial charge is 0.274 e. The summed E-state index contributed by atoms with van der Waals surface area (Å²) >= 11 is 0. The molecule has 0 aromatic carbocycles. The first-order chi connectivity index (χ1) is 11.6. The molecule has 1 saturated heterocycles. The van der Waals surface area contributed by atoms with E-state index < -0.39 is 0 Å². The predicted molar refractivity (Wildman–Crippen MR) is 86.7 cm³/mol. The minimum atomic E-state index is -0.326. The molecule has 1 aliphatic heterocycles. The normalized spacial score (nSPS) is 17.8. The van der Waals surface area contributed by atoms with Crippen molar-refractivity contribution >= 4 is 11.7 Å². The fourth-order valence-electron chi connectivity index (χ4n) is 2.44. The van der Waals surface area contributed by atoms with Gasteiger partial charge in [0.2, 0.25) is 0 Å². The molecule has 3 rings (SSSR count). The SMILES string of the molecule is CCc1nc([C@H]2CN(C(=O)c3ccc(N(C)C)nn3)CCO2)n[nH]1. The number of H-pyrrole nitrogens is 1. The van der Waals surface area contributed by atoms with Crippen molar-refractivity contribution in [3.63, 3.8) is 0 Å². The third-order valence-electron chi connectivity index (χ3n) is 3.85. The van der Waals surface area contributed by atoms with Gasteiger partial charge in [0.15, 0.2) is 17.3 Å². The lowest BCUT2D eigenvalue weighted by molar-refractivity contribution is -0.0269. The van der Waals surface area contributed by atoms with E-state index in [-0.39, 0.29) is 12.0 Å². The topological polar surface area (TPSA) is 100 Å². The Hall–Kier alpha value is -2.55. The van der Waals surface area contributed by atoms with Crippen molar-refractivity contribution in [2.45, 2.75) is 19.4 Å². The standard InChI is InChI=1S/C15H21N7O2/c1-4-12-16-14(20-18-12)11-9-22(7-8-24-11)15(23)10-5-6-13(19-17-10)21(2)3/h5-6,11H,4,7-9H2,1-3H3,(H,16,18,20)/t11-/m1/s1. The van der Waals surface area contributed by atoms with Crippen LogP contribution in [0.3, 0.4) is 0 Å². The number of carbonyl (C=O) groups excluding carboxylic acids is 1. The third-order valence-corrected chi connectivity index (χ3v) is 3.85. The van der Waals surface area contributed by atoms with Crippen LogP contribution in [-0.2, 0) is 11.2 Å². The number of nitrogens with one attached hydrogen (secondary N) is 1. The van der Waals surface area contributed by atoms with Gasteiger partial charge in [-0.1, -0.05) is 6.92 Å². The molecule has 24 heavy (non-hydrogen) atoms. The molecule has 128 valence electrons. The van der Waals surface area contributed by atoms with E-state index in [1.54, 1.807) is 17.0 Å². The number of nitrogens with zero attached hydrogens (tertiary/aromatic N) is 6. The molecule has 9 nitrogen and oxygen atoms in total. The van der Waals surface area contributed by atoms with Gasteiger partial charge in [0.25, 0.3) is 5.91 Å². The van der Waals surface area contributed by atoms with Gasteiger partial charge in [-0.25, -0.2) is 4.98 Å². The van der Waals surface area contributed by atoms with Gasteiger partial charge in [0.1, 0.15) is 11.9 Å². The fraction of sp³-hybridized carbons (Fsp3) is 0.533. The summed E-state index contributed by atoms with van der Waals surface area (Å²) < 4.78 is 5.71. The average molecular weight is 331 g/mol. The van der Waals surface area contributed by atoms with Gasteiger partial charge in [-0.2, -0.15) is 5.10 Å². The van der Waals surface area contributed by atoms with Crippen molar-refractivity contribution in [1.82, 2.24) is 30.3 Å². The molecule has 0 bridgehead atoms. The summed E-state index contributed by atoms with van der Waals surface area (Å²) in [5, 5.41) is 15.1. The fourth-order valence-corrected chi connectivity index (χ4v) is 2.44. The predicted octanol–water partition coefficient (Wildman–Crippen LogP) is 0.437. The van der Waals surface area contributed by atoms with Crippen molar-refractivity contribution in [1.29, 1.82) is 0 Å². The Balaban J connectivity index is 1.70. The zero-order valence-corrected chi connectivity index (χ0v) is 14.1. The first kappa shape index (κ1) is 16.3. The van der Waals surface area contributed by atoms with Gasteiger partial charge >= 0.3 is 0 Å². The maximum atomic E-state index is 12.6. The molecule has 0 radical (unpaired) electrons. The molecule has 2 aromatic heterocycles. The Bertz CT molecular complexity index is 698. The van der Waals surface area contributed by atoms with Gasteiger partial charge in [-0.3, -0.25) is 9.89 Å². The maximum Gasteiger partial charge on any atom is 0.274 e. The second kappa shape index (κ2) is 6.91. The molecule has 0 saturated carbocycles. The van der Waals surface area contributed by atoms with Crippen LogP contribution in [0.4, 0.5) is 5.82 Å². The number of carbonyl (C=O) groups is 1. The van der Waals surface area contributed by atoms with E-state index in [9.17, 15) is 4.79 Å². The van der Waals surface area contributed by atoms with Crippen molar-refractivity contribution in [2.24, 2.45) is 0 Å². The largest absolute Gasteiger partial charge is 0.366 e. The molecule has 2 aromatic rings. The molecule has 0 spiro atoms. The lowest BCUT2D eigenvalue weighted by Crippen LogP contribution is -2.43. The summed E-state index contributed by atoms with van der Waals surface area (Å²) in [6.45, 7) is 3.35. The lowest BCUT2D eigenvalue weighted by atomic mass is 10.2. The number of hydrogen-bond donors (Lipinski definition) is 1. The molecule has 0 aliphatic carbocycles. The van der Waals surface area contributed by atoms with Crippen molar-refractivity contribution < 1.29 is 9.53 Å². The minimum absolute atomic E-state index is 0.160. The van der Waals surface area contributed by atoms with Gasteiger partial charge in [-0.05, 0) is 12.1 Å². The summed E-state index contributed by atoms with van der Waals surface area (Å²) in [6.07, 6.45) is 0.448. The summed E-state index contributed by atoms with van der Waals surface area (Å²) in [5.41, 5.74) is 0.325. The van der Waals surface area contributed by atoms with Gasteiger partial charge < -0.3 is 14.5 Å². The Morgan fingerprint density at radius 1 is 1.42 bits per heavy atom. The molecule has 1 aliphatic rings. The molecular formula is C15H21N7O2. The van der Waals surface area contributed by atoms with Crippen molar-refractivity contribution in [3.05, 3.63) is 29.5 Å². The highest BCUT2D eigenvalue weighted by molar-refractivity contribution is 5.92. The maximum absolute atomic E-state index is 12.6. The number of aryl methyl sites for hydroxylation is 1. The number of hydrogen-bond acceptors (Lipinski definition) is 7. The molecule has 1 atom stereocenters. The van der Waals surface area contributed by atoms with E-state index in [2.05, 4.69) is 25.4 Å². The highest BCUT2D eigenvalue weighted by Crippen LogP contribution is 2.20. The van der Waals surface area contributed by atoms with Crippen LogP contribution in [0.1, 0.15) is 35.2 Å². The molecule has 1 N–H and O–H groups in total. The summed E-state index contributed by atoms with van der Waals surface area (Å²) in [5.74, 6) is 1.94. The van der Waals surface area contributed by atoms with Crippen molar-refractivity contribution in [3.8, 4) is 0 Å². The average Bonchev–Trinajstić information content (AvgIpc) is 3.10. The molecule has 1 amide bonds. The Labute approximate surface area is 140 Å². The van der Waals surface area contributed by atoms with Crippen LogP contribution in [0.5, 0.6) is 0 Å². The number of aromatic nitrogens is 5. The van der Waals surface area contributed by atoms with E-state index >= 15 is 0 Å². The van der Waals surface area contributed by atoms with Gasteiger partial charge in [0, 0.05) is 27.1 Å². The molecule has 1 fully saturated rings. The molecule has 3 heterocycles. The Morgan fingerprint density at radius 3 is 2.88 bits per heavy atom. The first-order valence-corrected chi connectivity index (χ1v) is 7.91. The summed E-state index contributed by atoms with van der Waals surface area (Å²) in [4.78, 5) is 20.5. The van der Waals surface area contributed by atoms with Crippen LogP contribution >= 0.6 is 0 Å². The zero-order valence-electron chi connectivity index (χ0n) is 14.1. The number of morpholine rings is 1. The van der Waals surface area contributed by atoms with E-state index in [4.69, 9.17) is 4.74 Å². The third kappa shape index (κ3) is 3.35. The van der Waals surface area contributed by atoms with Crippen LogP contribution < -0.4 is 4.90 Å². The first-order valence-electron chi connectivity index (χ1n) is 7.91. The van der Waals surface area contributed by atoms with E-state index in [1.165, 1.54) is 0 Å². The van der Waals surface area contributed by atoms with Gasteiger partial charge in [-0.15, -0.1) is 10.2 Å². The van der Waals surface area contributed by atoms with Crippen LogP contribution in [-0.4, -0.2) is 70.0 Å². The number of ether oxygens (including phenoxy) is 1. The molecule has 0 unspecified atom stereocenters. The minimum Gasteiger partial charge on any atom is -0.366 e. The van der Waals surface area contributed by atoms with E-state index in [0.29, 0.717) is 37.0 Å². The highest BCUT2D eigenvalue weighted by atomic mass is 16.5. The summed E-state index contributed by atoms with van der Waals surface area (Å²) in [7, 11) is 3.75. The molecular weight excluding hydrogens is 310 g/mol. The van der Waals surface area contributed by atoms with Crippen LogP contribution in [0.15, 0.2) is 12.1 Å². The van der Waals surface area contributed by atoms with Crippen molar-refractivity contribution in [2.75, 3.05) is 38.7 Å². The molecule has 9 heteroatoms.